The highest BCUT2D eigenvalue weighted by Gasteiger charge is 2.41. The van der Waals surface area contributed by atoms with Crippen molar-refractivity contribution in [2.24, 2.45) is 5.41 Å². The summed E-state index contributed by atoms with van der Waals surface area (Å²) in [7, 11) is 0. The molecule has 2 rings (SSSR count). The molecule has 0 bridgehead atoms. The summed E-state index contributed by atoms with van der Waals surface area (Å²) < 4.78 is 5.38. The maximum Gasteiger partial charge on any atom is 0.410 e. The monoisotopic (exact) mass is 261 g/mol. The Kier molecular flexibility index (Phi) is 4.34. The molecule has 100 valence electrons. The maximum absolute atomic E-state index is 11.8. The largest absolute Gasteiger partial charge is 0.444 e. The first-order chi connectivity index (χ1) is 7.40. The number of amides is 1. The molecule has 0 aromatic carbocycles. The van der Waals surface area contributed by atoms with Gasteiger partial charge >= 0.3 is 6.09 Å². The summed E-state index contributed by atoms with van der Waals surface area (Å²) in [6, 6.07) is 0. The molecular weight excluding hydrogens is 238 g/mol. The van der Waals surface area contributed by atoms with Crippen molar-refractivity contribution in [3.05, 3.63) is 0 Å². The zero-order valence-electron chi connectivity index (χ0n) is 11.1. The molecule has 2 aliphatic rings. The molecule has 1 saturated heterocycles. The van der Waals surface area contributed by atoms with Crippen LogP contribution in [0.4, 0.5) is 4.79 Å². The van der Waals surface area contributed by atoms with Gasteiger partial charge in [0.15, 0.2) is 0 Å². The number of piperidine rings is 1. The fourth-order valence-electron chi connectivity index (χ4n) is 2.67. The minimum atomic E-state index is -0.372. The van der Waals surface area contributed by atoms with Crippen LogP contribution in [0, 0.1) is 5.41 Å². The number of halogens is 1. The van der Waals surface area contributed by atoms with E-state index in [0.717, 1.165) is 13.1 Å². The molecule has 17 heavy (non-hydrogen) atoms. The number of nitrogens with zero attached hydrogens (tertiary/aromatic N) is 1. The molecule has 0 aromatic heterocycles. The lowest BCUT2D eigenvalue weighted by Crippen LogP contribution is -2.47. The summed E-state index contributed by atoms with van der Waals surface area (Å²) in [6.45, 7) is 7.52. The van der Waals surface area contributed by atoms with E-state index < -0.39 is 0 Å². The topological polar surface area (TPSA) is 29.5 Å². The van der Waals surface area contributed by atoms with E-state index in [9.17, 15) is 4.79 Å². The van der Waals surface area contributed by atoms with E-state index in [1.165, 1.54) is 32.1 Å². The van der Waals surface area contributed by atoms with Crippen molar-refractivity contribution in [3.8, 4) is 0 Å². The minimum Gasteiger partial charge on any atom is -0.444 e. The van der Waals surface area contributed by atoms with Gasteiger partial charge in [0.2, 0.25) is 0 Å². The standard InChI is InChI=1S/C13H23NO2.ClH/c1-12(2,3)16-11(15)14-9-7-13(8-10-14)5-4-6-13;/h4-10H2,1-3H3;1H. The zero-order valence-corrected chi connectivity index (χ0v) is 11.9. The predicted molar refractivity (Wildman–Crippen MR) is 70.6 cm³/mol. The molecule has 0 aromatic rings. The van der Waals surface area contributed by atoms with Gasteiger partial charge < -0.3 is 9.64 Å². The van der Waals surface area contributed by atoms with Crippen LogP contribution < -0.4 is 0 Å². The molecule has 1 saturated carbocycles. The third-order valence-electron chi connectivity index (χ3n) is 3.89. The molecule has 2 fully saturated rings. The van der Waals surface area contributed by atoms with Crippen molar-refractivity contribution in [1.82, 2.24) is 4.90 Å². The number of hydrogen-bond donors (Lipinski definition) is 0. The van der Waals surface area contributed by atoms with Crippen LogP contribution in [0.15, 0.2) is 0 Å². The van der Waals surface area contributed by atoms with Gasteiger partial charge in [0.1, 0.15) is 5.60 Å². The lowest BCUT2D eigenvalue weighted by atomic mass is 9.63. The molecule has 4 heteroatoms. The number of rotatable bonds is 0. The molecular formula is C13H24ClNO2. The minimum absolute atomic E-state index is 0. The molecule has 1 heterocycles. The fraction of sp³-hybridized carbons (Fsp3) is 0.923. The third kappa shape index (κ3) is 3.51. The lowest BCUT2D eigenvalue weighted by molar-refractivity contribution is -0.00527. The van der Waals surface area contributed by atoms with Gasteiger partial charge in [-0.3, -0.25) is 0 Å². The van der Waals surface area contributed by atoms with E-state index in [1.807, 2.05) is 25.7 Å². The molecule has 1 aliphatic carbocycles. The normalized spacial score (nSPS) is 22.6. The van der Waals surface area contributed by atoms with E-state index in [1.54, 1.807) is 0 Å². The van der Waals surface area contributed by atoms with Gasteiger partial charge in [-0.15, -0.1) is 12.4 Å². The van der Waals surface area contributed by atoms with E-state index in [4.69, 9.17) is 4.74 Å². The number of carbonyl (C=O) groups excluding carboxylic acids is 1. The van der Waals surface area contributed by atoms with E-state index in [0.29, 0.717) is 5.41 Å². The van der Waals surface area contributed by atoms with Gasteiger partial charge in [0, 0.05) is 13.1 Å². The number of carbonyl (C=O) groups is 1. The molecule has 1 spiro atoms. The highest BCUT2D eigenvalue weighted by atomic mass is 35.5. The second-order valence-electron chi connectivity index (χ2n) is 6.32. The van der Waals surface area contributed by atoms with Crippen LogP contribution in [0.3, 0.4) is 0 Å². The zero-order chi connectivity index (χ0) is 11.8. The predicted octanol–water partition coefficient (Wildman–Crippen LogP) is 3.61. The summed E-state index contributed by atoms with van der Waals surface area (Å²) >= 11 is 0. The average molecular weight is 262 g/mol. The third-order valence-corrected chi connectivity index (χ3v) is 3.89. The van der Waals surface area contributed by atoms with Crippen molar-refractivity contribution in [2.45, 2.75) is 58.5 Å². The van der Waals surface area contributed by atoms with Gasteiger partial charge in [-0.05, 0) is 51.9 Å². The van der Waals surface area contributed by atoms with Gasteiger partial charge in [0.05, 0.1) is 0 Å². The van der Waals surface area contributed by atoms with Crippen molar-refractivity contribution in [2.75, 3.05) is 13.1 Å². The van der Waals surface area contributed by atoms with Crippen LogP contribution in [-0.2, 0) is 4.74 Å². The summed E-state index contributed by atoms with van der Waals surface area (Å²) in [5.74, 6) is 0. The summed E-state index contributed by atoms with van der Waals surface area (Å²) in [5, 5.41) is 0. The highest BCUT2D eigenvalue weighted by molar-refractivity contribution is 5.85. The van der Waals surface area contributed by atoms with Crippen LogP contribution in [-0.4, -0.2) is 29.7 Å². The summed E-state index contributed by atoms with van der Waals surface area (Å²) in [4.78, 5) is 13.7. The Bertz CT molecular complexity index is 272. The molecule has 1 aliphatic heterocycles. The van der Waals surface area contributed by atoms with Crippen molar-refractivity contribution < 1.29 is 9.53 Å². The first-order valence-electron chi connectivity index (χ1n) is 6.38. The van der Waals surface area contributed by atoms with E-state index >= 15 is 0 Å². The lowest BCUT2D eigenvalue weighted by Gasteiger charge is -2.47. The SMILES string of the molecule is CC(C)(C)OC(=O)N1CCC2(CCC2)CC1.Cl. The Hall–Kier alpha value is -0.440. The van der Waals surface area contributed by atoms with Crippen LogP contribution in [0.2, 0.25) is 0 Å². The second kappa shape index (κ2) is 5.05. The molecule has 0 radical (unpaired) electrons. The van der Waals surface area contributed by atoms with Crippen molar-refractivity contribution >= 4 is 18.5 Å². The Morgan fingerprint density at radius 3 is 2.00 bits per heavy atom. The Balaban J connectivity index is 0.00000144. The van der Waals surface area contributed by atoms with Crippen molar-refractivity contribution in [3.63, 3.8) is 0 Å². The van der Waals surface area contributed by atoms with Crippen LogP contribution >= 0.6 is 12.4 Å². The molecule has 0 N–H and O–H groups in total. The number of likely N-dealkylation sites (tertiary alicyclic amines) is 1. The second-order valence-corrected chi connectivity index (χ2v) is 6.32. The first kappa shape index (κ1) is 14.6. The molecule has 3 nitrogen and oxygen atoms in total. The van der Waals surface area contributed by atoms with Crippen molar-refractivity contribution in [1.29, 1.82) is 0 Å². The Morgan fingerprint density at radius 1 is 1.12 bits per heavy atom. The quantitative estimate of drug-likeness (QED) is 0.667. The van der Waals surface area contributed by atoms with Gasteiger partial charge in [-0.1, -0.05) is 6.42 Å². The van der Waals surface area contributed by atoms with Gasteiger partial charge in [0.25, 0.3) is 0 Å². The number of hydrogen-bond acceptors (Lipinski definition) is 2. The maximum atomic E-state index is 11.8. The number of ether oxygens (including phenoxy) is 1. The van der Waals surface area contributed by atoms with Crippen LogP contribution in [0.25, 0.3) is 0 Å². The summed E-state index contributed by atoms with van der Waals surface area (Å²) in [6.07, 6.45) is 6.33. The van der Waals surface area contributed by atoms with Gasteiger partial charge in [-0.25, -0.2) is 4.79 Å². The van der Waals surface area contributed by atoms with Gasteiger partial charge in [-0.2, -0.15) is 0 Å². The fourth-order valence-corrected chi connectivity index (χ4v) is 2.67. The first-order valence-corrected chi connectivity index (χ1v) is 6.38. The Morgan fingerprint density at radius 2 is 1.65 bits per heavy atom. The molecule has 1 amide bonds. The van der Waals surface area contributed by atoms with Crippen LogP contribution in [0.5, 0.6) is 0 Å². The van der Waals surface area contributed by atoms with E-state index in [-0.39, 0.29) is 24.1 Å². The summed E-state index contributed by atoms with van der Waals surface area (Å²) in [5.41, 5.74) is 0.223. The smallest absolute Gasteiger partial charge is 0.410 e. The van der Waals surface area contributed by atoms with Crippen LogP contribution in [0.1, 0.15) is 52.9 Å². The molecule has 0 unspecified atom stereocenters. The highest BCUT2D eigenvalue weighted by Crippen LogP contribution is 2.48. The Labute approximate surface area is 110 Å². The van der Waals surface area contributed by atoms with E-state index in [2.05, 4.69) is 0 Å². The molecule has 0 atom stereocenters. The average Bonchev–Trinajstić information content (AvgIpc) is 2.13.